The highest BCUT2D eigenvalue weighted by molar-refractivity contribution is 7.18. The predicted molar refractivity (Wildman–Crippen MR) is 157 cm³/mol. The first-order valence-electron chi connectivity index (χ1n) is 13.7. The molecule has 5 aromatic rings. The number of carbonyl (C=O) groups is 1. The third kappa shape index (κ3) is 5.27. The molecule has 7 rings (SSSR count). The predicted octanol–water partition coefficient (Wildman–Crippen LogP) is 4.99. The molecule has 3 atom stereocenters. The molecule has 2 aliphatic carbocycles. The van der Waals surface area contributed by atoms with Crippen molar-refractivity contribution in [2.45, 2.75) is 37.7 Å². The molecule has 2 aliphatic rings. The minimum atomic E-state index is -0.538. The Balaban J connectivity index is 0.00000302. The number of aromatic nitrogens is 2. The second-order valence-corrected chi connectivity index (χ2v) is 11.8. The molecule has 2 saturated carbocycles. The number of hydrogen-bond acceptors (Lipinski definition) is 6. The van der Waals surface area contributed by atoms with Crippen LogP contribution in [0.5, 0.6) is 11.5 Å². The summed E-state index contributed by atoms with van der Waals surface area (Å²) in [6.07, 6.45) is 7.37. The third-order valence-corrected chi connectivity index (χ3v) is 9.39. The van der Waals surface area contributed by atoms with Gasteiger partial charge in [-0.25, -0.2) is 9.78 Å². The van der Waals surface area contributed by atoms with Gasteiger partial charge in [-0.3, -0.25) is 10.3 Å². The first kappa shape index (κ1) is 27.2. The Kier molecular flexibility index (Phi) is 7.65. The van der Waals surface area contributed by atoms with Crippen molar-refractivity contribution in [3.8, 4) is 11.5 Å². The van der Waals surface area contributed by atoms with Gasteiger partial charge in [0.25, 0.3) is 0 Å². The average Bonchev–Trinajstić information content (AvgIpc) is 3.73. The van der Waals surface area contributed by atoms with E-state index in [4.69, 9.17) is 14.5 Å². The van der Waals surface area contributed by atoms with Crippen LogP contribution < -0.4 is 27.2 Å². The summed E-state index contributed by atoms with van der Waals surface area (Å²) in [4.78, 5) is 21.8. The Morgan fingerprint density at radius 1 is 1.00 bits per heavy atom. The third-order valence-electron chi connectivity index (χ3n) is 8.38. The van der Waals surface area contributed by atoms with E-state index in [9.17, 15) is 4.79 Å². The van der Waals surface area contributed by atoms with Gasteiger partial charge in [-0.15, -0.1) is 11.3 Å². The number of hydrogen-bond donors (Lipinski definition) is 1. The van der Waals surface area contributed by atoms with Crippen LogP contribution in [0.3, 0.4) is 0 Å². The number of para-hydroxylation sites is 1. The number of ether oxygens (including phenoxy) is 2. The standard InChI is InChI=1S/C33H29N3O3S.ClH/c37-32(35-25-9-6-16-34-20-25)39-29-15-14-26(38-21-31-36-28-10-4-5-11-30(28)40-31)18-27(29)33(23-7-2-1-3-8-23)19-22-12-13-24(33)17-22;/h1-11,14-16,18,20,22,24H,12-13,17,19,21H2,(H,35,37);1H/p-1. The minimum Gasteiger partial charge on any atom is -1.00 e. The lowest BCUT2D eigenvalue weighted by Gasteiger charge is -2.40. The maximum absolute atomic E-state index is 13.0. The number of nitrogens with zero attached hydrogens (tertiary/aromatic N) is 2. The van der Waals surface area contributed by atoms with Gasteiger partial charge in [0, 0.05) is 17.2 Å². The van der Waals surface area contributed by atoms with Crippen molar-refractivity contribution in [1.82, 2.24) is 9.97 Å². The molecule has 0 saturated heterocycles. The van der Waals surface area contributed by atoms with Crippen molar-refractivity contribution >= 4 is 33.3 Å². The zero-order valence-electron chi connectivity index (χ0n) is 22.3. The molecule has 0 aliphatic heterocycles. The monoisotopic (exact) mass is 582 g/mol. The van der Waals surface area contributed by atoms with E-state index in [1.807, 2.05) is 30.3 Å². The Hall–Kier alpha value is -3.94. The molecule has 8 heteroatoms. The minimum absolute atomic E-state index is 0. The lowest BCUT2D eigenvalue weighted by Crippen LogP contribution is -3.00. The Labute approximate surface area is 249 Å². The lowest BCUT2D eigenvalue weighted by molar-refractivity contribution is -0.0000129. The zero-order chi connectivity index (χ0) is 26.9. The van der Waals surface area contributed by atoms with Crippen LogP contribution in [-0.4, -0.2) is 16.1 Å². The van der Waals surface area contributed by atoms with Gasteiger partial charge in [-0.2, -0.15) is 0 Å². The fraction of sp³-hybridized carbons (Fsp3) is 0.242. The van der Waals surface area contributed by atoms with Gasteiger partial charge in [-0.05, 0) is 79.1 Å². The normalized spacial score (nSPS) is 20.9. The largest absolute Gasteiger partial charge is 1.00 e. The van der Waals surface area contributed by atoms with Crippen molar-refractivity contribution < 1.29 is 26.7 Å². The number of fused-ring (bicyclic) bond motifs is 3. The summed E-state index contributed by atoms with van der Waals surface area (Å²) >= 11 is 1.65. The molecule has 0 radical (unpaired) electrons. The second-order valence-electron chi connectivity index (χ2n) is 10.7. The zero-order valence-corrected chi connectivity index (χ0v) is 23.9. The van der Waals surface area contributed by atoms with Crippen LogP contribution in [0.2, 0.25) is 0 Å². The topological polar surface area (TPSA) is 73.3 Å². The Bertz CT molecular complexity index is 1630. The van der Waals surface area contributed by atoms with Gasteiger partial charge in [-0.1, -0.05) is 48.9 Å². The van der Waals surface area contributed by atoms with E-state index in [0.29, 0.717) is 29.9 Å². The number of halogens is 1. The van der Waals surface area contributed by atoms with Crippen LogP contribution in [0.4, 0.5) is 10.5 Å². The smallest absolute Gasteiger partial charge is 0.417 e. The molecule has 41 heavy (non-hydrogen) atoms. The highest BCUT2D eigenvalue weighted by atomic mass is 35.5. The van der Waals surface area contributed by atoms with Crippen molar-refractivity contribution in [3.63, 3.8) is 0 Å². The van der Waals surface area contributed by atoms with E-state index in [0.717, 1.165) is 39.4 Å². The van der Waals surface area contributed by atoms with Crippen molar-refractivity contribution in [1.29, 1.82) is 0 Å². The number of pyridine rings is 1. The number of amides is 1. The molecular weight excluding hydrogens is 554 g/mol. The molecule has 1 N–H and O–H groups in total. The number of benzene rings is 3. The van der Waals surface area contributed by atoms with Crippen molar-refractivity contribution in [3.05, 3.63) is 113 Å². The van der Waals surface area contributed by atoms with E-state index in [1.165, 1.54) is 18.4 Å². The average molecular weight is 583 g/mol. The molecule has 208 valence electrons. The number of nitrogens with one attached hydrogen (secondary N) is 1. The molecule has 1 amide bonds. The van der Waals surface area contributed by atoms with Crippen LogP contribution >= 0.6 is 11.3 Å². The van der Waals surface area contributed by atoms with Gasteiger partial charge >= 0.3 is 6.09 Å². The van der Waals surface area contributed by atoms with E-state index >= 15 is 0 Å². The first-order chi connectivity index (χ1) is 19.7. The fourth-order valence-electron chi connectivity index (χ4n) is 6.75. The fourth-order valence-corrected chi connectivity index (χ4v) is 7.63. The molecule has 2 heterocycles. The number of anilines is 1. The first-order valence-corrected chi connectivity index (χ1v) is 14.6. The molecule has 2 aromatic heterocycles. The van der Waals surface area contributed by atoms with Gasteiger partial charge in [0.2, 0.25) is 0 Å². The molecule has 6 nitrogen and oxygen atoms in total. The van der Waals surface area contributed by atoms with Crippen LogP contribution in [0.25, 0.3) is 10.2 Å². The van der Waals surface area contributed by atoms with E-state index in [2.05, 4.69) is 52.8 Å². The van der Waals surface area contributed by atoms with Gasteiger partial charge in [0.1, 0.15) is 23.1 Å². The van der Waals surface area contributed by atoms with Crippen LogP contribution in [0.1, 0.15) is 41.8 Å². The van der Waals surface area contributed by atoms with Crippen LogP contribution in [0, 0.1) is 11.8 Å². The van der Waals surface area contributed by atoms with Gasteiger partial charge < -0.3 is 21.9 Å². The molecular formula is C33H29ClN3O3S-. The molecule has 3 unspecified atom stereocenters. The summed E-state index contributed by atoms with van der Waals surface area (Å²) in [5, 5.41) is 3.73. The molecule has 2 bridgehead atoms. The summed E-state index contributed by atoms with van der Waals surface area (Å²) in [6, 6.07) is 28.2. The van der Waals surface area contributed by atoms with Crippen LogP contribution in [-0.2, 0) is 12.0 Å². The second kappa shape index (κ2) is 11.5. The van der Waals surface area contributed by atoms with Crippen molar-refractivity contribution in [2.24, 2.45) is 11.8 Å². The maximum atomic E-state index is 13.0. The van der Waals surface area contributed by atoms with E-state index in [1.54, 1.807) is 35.9 Å². The quantitative estimate of drug-likeness (QED) is 0.293. The highest BCUT2D eigenvalue weighted by Gasteiger charge is 2.54. The van der Waals surface area contributed by atoms with Crippen molar-refractivity contribution in [2.75, 3.05) is 5.32 Å². The maximum Gasteiger partial charge on any atom is 0.417 e. The SMILES string of the molecule is O=C(Nc1cccnc1)Oc1ccc(OCc2nc3ccccc3s2)cc1C1(c2ccccc2)CC2CCC1C2.[Cl-]. The number of carbonyl (C=O) groups excluding carboxylic acids is 1. The Morgan fingerprint density at radius 2 is 1.85 bits per heavy atom. The number of thiazole rings is 1. The summed E-state index contributed by atoms with van der Waals surface area (Å²) in [5.41, 5.74) is 3.60. The molecule has 0 spiro atoms. The van der Waals surface area contributed by atoms with Gasteiger partial charge in [0.05, 0.1) is 22.1 Å². The van der Waals surface area contributed by atoms with E-state index < -0.39 is 6.09 Å². The molecule has 2 fully saturated rings. The summed E-state index contributed by atoms with van der Waals surface area (Å²) in [6.45, 7) is 0.380. The lowest BCUT2D eigenvalue weighted by atomic mass is 9.64. The highest BCUT2D eigenvalue weighted by Crippen LogP contribution is 2.61. The summed E-state index contributed by atoms with van der Waals surface area (Å²) in [5.74, 6) is 2.44. The van der Waals surface area contributed by atoms with Gasteiger partial charge in [0.15, 0.2) is 0 Å². The van der Waals surface area contributed by atoms with E-state index in [-0.39, 0.29) is 17.8 Å². The summed E-state index contributed by atoms with van der Waals surface area (Å²) < 4.78 is 13.5. The molecule has 3 aromatic carbocycles. The summed E-state index contributed by atoms with van der Waals surface area (Å²) in [7, 11) is 0. The number of rotatable bonds is 7. The Morgan fingerprint density at radius 3 is 2.61 bits per heavy atom. The van der Waals surface area contributed by atoms with Crippen LogP contribution in [0.15, 0.2) is 97.3 Å².